The van der Waals surface area contributed by atoms with Crippen molar-refractivity contribution in [2.45, 2.75) is 348 Å². The molecule has 1 atom stereocenters. The van der Waals surface area contributed by atoms with Crippen LogP contribution in [0.15, 0.2) is 85.1 Å². The molecule has 79 heavy (non-hydrogen) atoms. The van der Waals surface area contributed by atoms with Gasteiger partial charge in [-0.05, 0) is 122 Å². The van der Waals surface area contributed by atoms with Crippen LogP contribution in [0.25, 0.3) is 0 Å². The van der Waals surface area contributed by atoms with Crippen molar-refractivity contribution in [2.24, 2.45) is 0 Å². The maximum Gasteiger partial charge on any atom is 0.306 e. The van der Waals surface area contributed by atoms with Gasteiger partial charge in [0, 0.05) is 19.3 Å². The summed E-state index contributed by atoms with van der Waals surface area (Å²) in [5.74, 6) is -0.893. The van der Waals surface area contributed by atoms with Crippen LogP contribution in [0.1, 0.15) is 342 Å². The number of carbonyl (C=O) groups is 3. The summed E-state index contributed by atoms with van der Waals surface area (Å²) in [6, 6.07) is 0. The molecule has 0 heterocycles. The van der Waals surface area contributed by atoms with E-state index < -0.39 is 6.10 Å². The fraction of sp³-hybridized carbons (Fsp3) is 0.767. The van der Waals surface area contributed by atoms with Gasteiger partial charge in [-0.15, -0.1) is 0 Å². The van der Waals surface area contributed by atoms with E-state index in [4.69, 9.17) is 14.2 Å². The van der Waals surface area contributed by atoms with E-state index in [1.54, 1.807) is 0 Å². The Morgan fingerprint density at radius 2 is 0.456 bits per heavy atom. The number of hydrogen-bond donors (Lipinski definition) is 0. The van der Waals surface area contributed by atoms with E-state index in [2.05, 4.69) is 106 Å². The molecule has 6 nitrogen and oxygen atoms in total. The van der Waals surface area contributed by atoms with Crippen molar-refractivity contribution in [1.82, 2.24) is 0 Å². The van der Waals surface area contributed by atoms with Crippen LogP contribution < -0.4 is 0 Å². The highest BCUT2D eigenvalue weighted by Crippen LogP contribution is 2.16. The summed E-state index contributed by atoms with van der Waals surface area (Å²) in [7, 11) is 0. The maximum atomic E-state index is 12.9. The second-order valence-electron chi connectivity index (χ2n) is 22.7. The fourth-order valence-corrected chi connectivity index (χ4v) is 9.69. The van der Waals surface area contributed by atoms with Gasteiger partial charge >= 0.3 is 17.9 Å². The zero-order chi connectivity index (χ0) is 57.1. The zero-order valence-corrected chi connectivity index (χ0v) is 52.4. The molecule has 6 heteroatoms. The van der Waals surface area contributed by atoms with E-state index in [9.17, 15) is 14.4 Å². The largest absolute Gasteiger partial charge is 0.462 e. The Bertz CT molecular complexity index is 1500. The van der Waals surface area contributed by atoms with Crippen molar-refractivity contribution in [3.05, 3.63) is 85.1 Å². The van der Waals surface area contributed by atoms with Gasteiger partial charge < -0.3 is 14.2 Å². The normalized spacial score (nSPS) is 12.6. The Balaban J connectivity index is 4.33. The van der Waals surface area contributed by atoms with Crippen LogP contribution in [0.2, 0.25) is 0 Å². The molecule has 0 N–H and O–H groups in total. The molecule has 0 saturated carbocycles. The second kappa shape index (κ2) is 67.1. The molecule has 0 bridgehead atoms. The first-order valence-corrected chi connectivity index (χ1v) is 34.1. The molecule has 0 saturated heterocycles. The lowest BCUT2D eigenvalue weighted by Crippen LogP contribution is -2.30. The standard InChI is InChI=1S/C73H128O6/c1-4-7-10-13-16-19-22-25-28-30-32-33-34-35-36-37-38-39-41-42-45-48-51-54-57-60-63-66-72(75)78-69-70(68-77-71(74)65-62-59-56-53-50-47-44-27-24-21-18-15-12-9-6-3)79-73(76)67-64-61-58-55-52-49-46-43-40-31-29-26-23-20-17-14-11-8-5-2/h17,20,22,25-27,29-30,32,34-35,40,43-44,70H,4-16,18-19,21,23-24,28,31,33,36-39,41-42,45-69H2,1-3H3/b20-17-,25-22-,29-26-,32-30-,35-34-,43-40-,44-27-. The molecule has 0 aromatic heterocycles. The predicted octanol–water partition coefficient (Wildman–Crippen LogP) is 23.4. The van der Waals surface area contributed by atoms with E-state index in [1.165, 1.54) is 199 Å². The van der Waals surface area contributed by atoms with Crippen molar-refractivity contribution < 1.29 is 28.6 Å². The SMILES string of the molecule is CCCCC/C=C\C/C=C\C/C=C\CCCCCCCCC(=O)OC(COC(=O)CCCCCCC/C=C\CCCCCCCC)COC(=O)CCCCCCCCCCCCCC/C=C\C/C=C\C/C=C\CCCCCCC. The van der Waals surface area contributed by atoms with Gasteiger partial charge in [0.2, 0.25) is 0 Å². The number of hydrogen-bond acceptors (Lipinski definition) is 6. The third-order valence-corrected chi connectivity index (χ3v) is 14.8. The van der Waals surface area contributed by atoms with Crippen molar-refractivity contribution in [2.75, 3.05) is 13.2 Å². The Morgan fingerprint density at radius 1 is 0.253 bits per heavy atom. The lowest BCUT2D eigenvalue weighted by Gasteiger charge is -2.18. The lowest BCUT2D eigenvalue weighted by molar-refractivity contribution is -0.167. The average molecular weight is 1100 g/mol. The van der Waals surface area contributed by atoms with Gasteiger partial charge in [0.1, 0.15) is 13.2 Å². The lowest BCUT2D eigenvalue weighted by atomic mass is 10.0. The summed E-state index contributed by atoms with van der Waals surface area (Å²) in [5, 5.41) is 0. The monoisotopic (exact) mass is 1100 g/mol. The topological polar surface area (TPSA) is 78.9 Å². The van der Waals surface area contributed by atoms with E-state index in [0.717, 1.165) is 103 Å². The van der Waals surface area contributed by atoms with Crippen LogP contribution in [-0.2, 0) is 28.6 Å². The highest BCUT2D eigenvalue weighted by atomic mass is 16.6. The van der Waals surface area contributed by atoms with Gasteiger partial charge in [-0.3, -0.25) is 14.4 Å². The Labute approximate surface area is 490 Å². The van der Waals surface area contributed by atoms with Crippen LogP contribution in [0.3, 0.4) is 0 Å². The Morgan fingerprint density at radius 3 is 0.747 bits per heavy atom. The molecule has 1 unspecified atom stereocenters. The summed E-state index contributed by atoms with van der Waals surface area (Å²) >= 11 is 0. The third kappa shape index (κ3) is 65.3. The Hall–Kier alpha value is -3.41. The molecule has 0 aliphatic rings. The molecule has 0 radical (unpaired) electrons. The number of esters is 3. The number of carbonyl (C=O) groups excluding carboxylic acids is 3. The van der Waals surface area contributed by atoms with Crippen LogP contribution in [0, 0.1) is 0 Å². The van der Waals surface area contributed by atoms with Gasteiger partial charge in [-0.1, -0.05) is 286 Å². The molecule has 0 amide bonds. The minimum absolute atomic E-state index is 0.0841. The summed E-state index contributed by atoms with van der Waals surface area (Å²) in [5.41, 5.74) is 0. The minimum Gasteiger partial charge on any atom is -0.462 e. The number of ether oxygens (including phenoxy) is 3. The Kier molecular flexibility index (Phi) is 64.2. The van der Waals surface area contributed by atoms with Gasteiger partial charge in [0.15, 0.2) is 6.10 Å². The van der Waals surface area contributed by atoms with Crippen LogP contribution in [-0.4, -0.2) is 37.2 Å². The quantitative estimate of drug-likeness (QED) is 0.0261. The average Bonchev–Trinajstić information content (AvgIpc) is 3.45. The third-order valence-electron chi connectivity index (χ3n) is 14.8. The number of rotatable bonds is 62. The fourth-order valence-electron chi connectivity index (χ4n) is 9.69. The smallest absolute Gasteiger partial charge is 0.306 e. The van der Waals surface area contributed by atoms with Crippen LogP contribution in [0.4, 0.5) is 0 Å². The summed E-state index contributed by atoms with van der Waals surface area (Å²) in [6.45, 7) is 6.61. The van der Waals surface area contributed by atoms with Gasteiger partial charge in [-0.25, -0.2) is 0 Å². The van der Waals surface area contributed by atoms with Crippen molar-refractivity contribution in [1.29, 1.82) is 0 Å². The van der Waals surface area contributed by atoms with Gasteiger partial charge in [0.25, 0.3) is 0 Å². The van der Waals surface area contributed by atoms with Crippen molar-refractivity contribution in [3.63, 3.8) is 0 Å². The second-order valence-corrected chi connectivity index (χ2v) is 22.7. The molecular weight excluding hydrogens is 973 g/mol. The summed E-state index contributed by atoms with van der Waals surface area (Å²) in [4.78, 5) is 38.4. The van der Waals surface area contributed by atoms with Crippen molar-refractivity contribution >= 4 is 17.9 Å². The van der Waals surface area contributed by atoms with Crippen molar-refractivity contribution in [3.8, 4) is 0 Å². The molecule has 0 fully saturated rings. The molecule has 0 spiro atoms. The number of allylic oxidation sites excluding steroid dienone is 14. The molecule has 456 valence electrons. The van der Waals surface area contributed by atoms with Gasteiger partial charge in [0.05, 0.1) is 0 Å². The maximum absolute atomic E-state index is 12.9. The minimum atomic E-state index is -0.789. The first-order valence-electron chi connectivity index (χ1n) is 34.1. The first-order chi connectivity index (χ1) is 39.0. The summed E-state index contributed by atoms with van der Waals surface area (Å²) in [6.07, 6.45) is 88.8. The molecule has 0 aromatic rings. The highest BCUT2D eigenvalue weighted by molar-refractivity contribution is 5.71. The highest BCUT2D eigenvalue weighted by Gasteiger charge is 2.19. The molecule has 0 aliphatic carbocycles. The predicted molar refractivity (Wildman–Crippen MR) is 344 cm³/mol. The zero-order valence-electron chi connectivity index (χ0n) is 52.4. The van der Waals surface area contributed by atoms with E-state index in [0.29, 0.717) is 19.3 Å². The first kappa shape index (κ1) is 75.6. The van der Waals surface area contributed by atoms with Gasteiger partial charge in [-0.2, -0.15) is 0 Å². The van der Waals surface area contributed by atoms with Crippen LogP contribution >= 0.6 is 0 Å². The molecular formula is C73H128O6. The van der Waals surface area contributed by atoms with E-state index in [-0.39, 0.29) is 31.1 Å². The molecule has 0 aromatic carbocycles. The molecule has 0 aliphatic heterocycles. The molecule has 0 rings (SSSR count). The van der Waals surface area contributed by atoms with E-state index in [1.807, 2.05) is 0 Å². The number of unbranched alkanes of at least 4 members (excludes halogenated alkanes) is 37. The van der Waals surface area contributed by atoms with E-state index >= 15 is 0 Å². The van der Waals surface area contributed by atoms with Crippen LogP contribution in [0.5, 0.6) is 0 Å². The summed E-state index contributed by atoms with van der Waals surface area (Å²) < 4.78 is 17.0.